The van der Waals surface area contributed by atoms with Gasteiger partial charge in [-0.05, 0) is 38.2 Å². The largest absolute Gasteiger partial charge is 0.466 e. The van der Waals surface area contributed by atoms with Crippen molar-refractivity contribution in [2.24, 2.45) is 0 Å². The van der Waals surface area contributed by atoms with Crippen LogP contribution in [0, 0.1) is 0 Å². The highest BCUT2D eigenvalue weighted by atomic mass is 16.5. The van der Waals surface area contributed by atoms with Crippen LogP contribution in [0.15, 0.2) is 35.1 Å². The number of esters is 1. The first-order chi connectivity index (χ1) is 12.1. The molecule has 0 aliphatic heterocycles. The molecule has 0 amide bonds. The maximum Gasteiger partial charge on any atom is 0.306 e. The van der Waals surface area contributed by atoms with Crippen molar-refractivity contribution in [1.82, 2.24) is 9.97 Å². The minimum absolute atomic E-state index is 0.0805. The number of hydrogen-bond donors (Lipinski definition) is 2. The van der Waals surface area contributed by atoms with Crippen LogP contribution < -0.4 is 11.3 Å². The minimum atomic E-state index is -0.293. The molecule has 2 rings (SSSR count). The summed E-state index contributed by atoms with van der Waals surface area (Å²) in [5.41, 5.74) is 7.92. The monoisotopic (exact) mass is 343 g/mol. The third kappa shape index (κ3) is 6.06. The highest BCUT2D eigenvalue weighted by molar-refractivity contribution is 5.69. The van der Waals surface area contributed by atoms with Gasteiger partial charge in [-0.15, -0.1) is 0 Å². The Balaban J connectivity index is 1.96. The molecule has 134 valence electrons. The molecule has 25 heavy (non-hydrogen) atoms. The average molecular weight is 343 g/mol. The Morgan fingerprint density at radius 2 is 1.88 bits per heavy atom. The molecule has 0 radical (unpaired) electrons. The van der Waals surface area contributed by atoms with Crippen LogP contribution in [-0.2, 0) is 28.8 Å². The molecular weight excluding hydrogens is 318 g/mol. The van der Waals surface area contributed by atoms with E-state index in [0.29, 0.717) is 30.7 Å². The second-order valence-electron chi connectivity index (χ2n) is 5.87. The smallest absolute Gasteiger partial charge is 0.306 e. The third-order valence-electron chi connectivity index (χ3n) is 3.98. The van der Waals surface area contributed by atoms with E-state index in [1.165, 1.54) is 5.56 Å². The maximum atomic E-state index is 12.2. The van der Waals surface area contributed by atoms with Gasteiger partial charge in [-0.25, -0.2) is 4.98 Å². The van der Waals surface area contributed by atoms with Gasteiger partial charge in [-0.3, -0.25) is 14.6 Å². The summed E-state index contributed by atoms with van der Waals surface area (Å²) in [6.07, 6.45) is 4.00. The summed E-state index contributed by atoms with van der Waals surface area (Å²) in [5, 5.41) is 0. The molecule has 0 spiro atoms. The lowest BCUT2D eigenvalue weighted by Crippen LogP contribution is -2.20. The fourth-order valence-electron chi connectivity index (χ4n) is 2.76. The van der Waals surface area contributed by atoms with E-state index < -0.39 is 0 Å². The number of nitrogens with one attached hydrogen (secondary N) is 1. The zero-order chi connectivity index (χ0) is 18.1. The number of nitrogens with zero attached hydrogens (tertiary/aromatic N) is 1. The Bertz CT molecular complexity index is 741. The SMILES string of the molecule is CCOC(=O)CCc1nc(N)[nH]c(=O)c1CCCCc1ccccc1. The van der Waals surface area contributed by atoms with Crippen molar-refractivity contribution in [3.8, 4) is 0 Å². The average Bonchev–Trinajstić information content (AvgIpc) is 2.59. The maximum absolute atomic E-state index is 12.2. The molecule has 0 aliphatic carbocycles. The first-order valence-corrected chi connectivity index (χ1v) is 8.67. The van der Waals surface area contributed by atoms with Crippen LogP contribution in [0.25, 0.3) is 0 Å². The summed E-state index contributed by atoms with van der Waals surface area (Å²) in [4.78, 5) is 30.5. The molecule has 1 heterocycles. The number of rotatable bonds is 9. The normalized spacial score (nSPS) is 10.6. The van der Waals surface area contributed by atoms with E-state index in [0.717, 1.165) is 19.3 Å². The van der Waals surface area contributed by atoms with Crippen LogP contribution in [0.5, 0.6) is 0 Å². The number of hydrogen-bond acceptors (Lipinski definition) is 5. The third-order valence-corrected chi connectivity index (χ3v) is 3.98. The van der Waals surface area contributed by atoms with Crippen LogP contribution in [0.3, 0.4) is 0 Å². The van der Waals surface area contributed by atoms with Crippen LogP contribution in [0.4, 0.5) is 5.95 Å². The molecule has 6 nitrogen and oxygen atoms in total. The number of nitrogens with two attached hydrogens (primary N) is 1. The molecule has 0 aliphatic rings. The lowest BCUT2D eigenvalue weighted by atomic mass is 10.0. The molecule has 0 bridgehead atoms. The Morgan fingerprint density at radius 1 is 1.16 bits per heavy atom. The molecule has 3 N–H and O–H groups in total. The van der Waals surface area contributed by atoms with Gasteiger partial charge >= 0.3 is 5.97 Å². The van der Waals surface area contributed by atoms with Gasteiger partial charge in [-0.1, -0.05) is 30.3 Å². The van der Waals surface area contributed by atoms with Gasteiger partial charge in [0.2, 0.25) is 5.95 Å². The van der Waals surface area contributed by atoms with E-state index >= 15 is 0 Å². The summed E-state index contributed by atoms with van der Waals surface area (Å²) in [5.74, 6) is -0.213. The first kappa shape index (κ1) is 18.7. The number of carbonyl (C=O) groups excluding carboxylic acids is 1. The topological polar surface area (TPSA) is 98.1 Å². The molecular formula is C19H25N3O3. The van der Waals surface area contributed by atoms with Crippen LogP contribution in [0.1, 0.15) is 43.0 Å². The molecule has 1 aromatic carbocycles. The number of benzene rings is 1. The van der Waals surface area contributed by atoms with Gasteiger partial charge in [0, 0.05) is 12.0 Å². The number of aromatic nitrogens is 2. The molecule has 0 fully saturated rings. The van der Waals surface area contributed by atoms with E-state index in [-0.39, 0.29) is 23.9 Å². The number of carbonyl (C=O) groups is 1. The predicted octanol–water partition coefficient (Wildman–Crippen LogP) is 2.41. The fraction of sp³-hybridized carbons (Fsp3) is 0.421. The number of H-pyrrole nitrogens is 1. The lowest BCUT2D eigenvalue weighted by Gasteiger charge is -2.09. The van der Waals surface area contributed by atoms with Crippen molar-refractivity contribution in [2.45, 2.75) is 45.4 Å². The Kier molecular flexibility index (Phi) is 7.19. The van der Waals surface area contributed by atoms with Gasteiger partial charge < -0.3 is 10.5 Å². The highest BCUT2D eigenvalue weighted by Crippen LogP contribution is 2.12. The first-order valence-electron chi connectivity index (χ1n) is 8.67. The van der Waals surface area contributed by atoms with Gasteiger partial charge in [-0.2, -0.15) is 0 Å². The lowest BCUT2D eigenvalue weighted by molar-refractivity contribution is -0.143. The zero-order valence-corrected chi connectivity index (χ0v) is 14.6. The van der Waals surface area contributed by atoms with E-state index in [1.807, 2.05) is 18.2 Å². The molecule has 6 heteroatoms. The summed E-state index contributed by atoms with van der Waals surface area (Å²) in [6, 6.07) is 10.2. The minimum Gasteiger partial charge on any atom is -0.466 e. The van der Waals surface area contributed by atoms with Crippen molar-refractivity contribution in [3.63, 3.8) is 0 Å². The van der Waals surface area contributed by atoms with Crippen molar-refractivity contribution in [2.75, 3.05) is 12.3 Å². The van der Waals surface area contributed by atoms with Crippen molar-refractivity contribution < 1.29 is 9.53 Å². The molecule has 0 saturated carbocycles. The van der Waals surface area contributed by atoms with Crippen molar-refractivity contribution in [3.05, 3.63) is 57.5 Å². The van der Waals surface area contributed by atoms with Crippen LogP contribution in [-0.4, -0.2) is 22.5 Å². The van der Waals surface area contributed by atoms with Gasteiger partial charge in [0.25, 0.3) is 5.56 Å². The van der Waals surface area contributed by atoms with Crippen molar-refractivity contribution >= 4 is 11.9 Å². The van der Waals surface area contributed by atoms with E-state index in [9.17, 15) is 9.59 Å². The summed E-state index contributed by atoms with van der Waals surface area (Å²) in [6.45, 7) is 2.11. The van der Waals surface area contributed by atoms with E-state index in [1.54, 1.807) is 6.92 Å². The van der Waals surface area contributed by atoms with E-state index in [4.69, 9.17) is 10.5 Å². The number of nitrogen functional groups attached to an aromatic ring is 1. The molecule has 0 unspecified atom stereocenters. The number of anilines is 1. The molecule has 0 atom stereocenters. The van der Waals surface area contributed by atoms with Crippen LogP contribution >= 0.6 is 0 Å². The number of aromatic amines is 1. The predicted molar refractivity (Wildman–Crippen MR) is 97.3 cm³/mol. The van der Waals surface area contributed by atoms with Crippen LogP contribution in [0.2, 0.25) is 0 Å². The number of aryl methyl sites for hydroxylation is 2. The number of ether oxygens (including phenoxy) is 1. The van der Waals surface area contributed by atoms with Crippen molar-refractivity contribution in [1.29, 1.82) is 0 Å². The Morgan fingerprint density at radius 3 is 2.60 bits per heavy atom. The molecule has 1 aromatic heterocycles. The Labute approximate surface area is 147 Å². The standard InChI is InChI=1S/C19H25N3O3/c1-2-25-17(23)13-12-16-15(18(24)22-19(20)21-16)11-7-6-10-14-8-4-3-5-9-14/h3-5,8-9H,2,6-7,10-13H2,1H3,(H3,20,21,22,24). The van der Waals surface area contributed by atoms with E-state index in [2.05, 4.69) is 22.1 Å². The van der Waals surface area contributed by atoms with Gasteiger partial charge in [0.05, 0.1) is 18.7 Å². The summed E-state index contributed by atoms with van der Waals surface area (Å²) >= 11 is 0. The zero-order valence-electron chi connectivity index (χ0n) is 14.6. The summed E-state index contributed by atoms with van der Waals surface area (Å²) in [7, 11) is 0. The Hall–Kier alpha value is -2.63. The second kappa shape index (κ2) is 9.61. The highest BCUT2D eigenvalue weighted by Gasteiger charge is 2.13. The quantitative estimate of drug-likeness (QED) is 0.538. The molecule has 2 aromatic rings. The second-order valence-corrected chi connectivity index (χ2v) is 5.87. The number of unbranched alkanes of at least 4 members (excludes halogenated alkanes) is 1. The van der Waals surface area contributed by atoms with Gasteiger partial charge in [0.15, 0.2) is 0 Å². The summed E-state index contributed by atoms with van der Waals surface area (Å²) < 4.78 is 4.93. The fourth-order valence-corrected chi connectivity index (χ4v) is 2.76. The molecule has 0 saturated heterocycles. The van der Waals surface area contributed by atoms with Gasteiger partial charge in [0.1, 0.15) is 0 Å².